The molecule has 0 spiro atoms. The summed E-state index contributed by atoms with van der Waals surface area (Å²) in [5.41, 5.74) is 6.29. The lowest BCUT2D eigenvalue weighted by atomic mass is 9.34. The van der Waals surface area contributed by atoms with Crippen LogP contribution in [0.4, 0.5) is 13.2 Å². The van der Waals surface area contributed by atoms with Crippen LogP contribution in [0.15, 0.2) is 85.1 Å². The third kappa shape index (κ3) is 13.2. The Morgan fingerprint density at radius 3 is 1.17 bits per heavy atom. The molecule has 24 heteroatoms. The van der Waals surface area contributed by atoms with E-state index in [4.69, 9.17) is 69.4 Å². The van der Waals surface area contributed by atoms with Gasteiger partial charge in [-0.1, -0.05) is 196 Å². The summed E-state index contributed by atoms with van der Waals surface area (Å²) in [6.07, 6.45) is 28.1. The number of nitrogens with zero attached hydrogens (tertiary/aromatic N) is 7. The van der Waals surface area contributed by atoms with E-state index in [1.165, 1.54) is 0 Å². The van der Waals surface area contributed by atoms with Crippen molar-refractivity contribution in [2.75, 3.05) is 13.3 Å². The average Bonchev–Trinajstić information content (AvgIpc) is 0.774. The minimum Gasteiger partial charge on any atom is -0.409 e. The first-order chi connectivity index (χ1) is 62.8. The molecule has 20 nitrogen and oxygen atoms in total. The highest BCUT2D eigenvalue weighted by Gasteiger charge is 2.76. The zero-order valence-corrected chi connectivity index (χ0v) is 77.2. The molecule has 0 aromatic carbocycles. The monoisotopic (exact) mass is 1750 g/mol. The molecule has 15 aliphatic carbocycles. The van der Waals surface area contributed by atoms with Crippen LogP contribution >= 0.6 is 11.6 Å². The lowest BCUT2D eigenvalue weighted by molar-refractivity contribution is -0.193. The van der Waals surface area contributed by atoms with Crippen molar-refractivity contribution in [1.82, 2.24) is 10.1 Å². The van der Waals surface area contributed by atoms with Gasteiger partial charge in [-0.3, -0.25) is 19.2 Å². The summed E-state index contributed by atoms with van der Waals surface area (Å²) in [6.45, 7) is 65.9. The molecule has 9 fully saturated rings. The Morgan fingerprint density at radius 2 is 0.829 bits per heavy atom. The standard InChI is InChI=1S/C33H44FN3O4.C33H42FN3O3.C31H40ClNO3.C2H5FN2O.6H2/c1-28(2)11-13-33(27(40)41-37-24(35)18-34)14-12-32(7)25(19(33)16-28)21(38)15-23-30(5)17-20(36-8)26(39)29(3,4)22(30)9-10-31(23,32)6;1-28(2)11-13-33(27-36-24(18-34)37-40-27)14-12-32(7)25(19(33)16-28)21(38)15-23-30(5)17-20(35-8)26(39)29(3,4)22(30)9-10-31(23,32)6;1-26(2)11-13-31(25(32)36)14-12-30(7)23(18(31)16-26)20(34)15-22-28(5)17-19(33-8)24(35)27(3,4)21(28)9-10-29(22,30)6;3-1-2(4)5-6;;;;;;/h15,17,19,22,25H,9-14,16,18H2,1-7H3,(H2,35,37);15,17,19,22,25H,9-14,16,18H2,1-7H3;15,17-18,21,23H,9-14,16H2,1-7H3;6H,1H2,(H2,4,5);6*1H/t2*19-,22-,25-,30-,31+,32+,33-;18-,21-,23-,28-,29+,30+,31-;;;;;;;/m000......./s1/i;;;;6*1+2T. The van der Waals surface area contributed by atoms with E-state index < -0.39 is 91.9 Å². The van der Waals surface area contributed by atoms with Crippen LogP contribution < -0.4 is 11.5 Å². The molecule has 5 N–H and O–H groups in total. The van der Waals surface area contributed by atoms with Crippen LogP contribution in [0, 0.1) is 165 Å². The second-order valence-corrected chi connectivity index (χ2v) is 46.7. The number of carbonyl (C=O) groups excluding carboxylic acids is 8. The lowest BCUT2D eigenvalue weighted by Crippen LogP contribution is -2.65. The number of rotatable bonds is 7. The zero-order chi connectivity index (χ0) is 103. The summed E-state index contributed by atoms with van der Waals surface area (Å²) >= 11 is 6.37. The van der Waals surface area contributed by atoms with Crippen molar-refractivity contribution in [1.29, 1.82) is 0 Å². The van der Waals surface area contributed by atoms with Crippen LogP contribution in [0.25, 0.3) is 14.5 Å². The molecule has 0 radical (unpaired) electrons. The Hall–Kier alpha value is -7.97. The lowest BCUT2D eigenvalue weighted by Gasteiger charge is -2.69. The molecule has 0 saturated heterocycles. The molecule has 0 bridgehead atoms. The number of ketones is 6. The molecule has 1 heterocycles. The highest BCUT2D eigenvalue weighted by molar-refractivity contribution is 6.64. The highest BCUT2D eigenvalue weighted by Crippen LogP contribution is 2.80. The van der Waals surface area contributed by atoms with Crippen molar-refractivity contribution in [3.8, 4) is 0 Å². The summed E-state index contributed by atoms with van der Waals surface area (Å²) in [6, 6.07) is 0. The highest BCUT2D eigenvalue weighted by atomic mass is 35.5. The van der Waals surface area contributed by atoms with Gasteiger partial charge in [0.15, 0.2) is 53.0 Å². The molecule has 0 unspecified atom stereocenters. The van der Waals surface area contributed by atoms with Crippen LogP contribution in [0.3, 0.4) is 0 Å². The van der Waals surface area contributed by atoms with Gasteiger partial charge < -0.3 is 40.4 Å². The van der Waals surface area contributed by atoms with Crippen molar-refractivity contribution >= 4 is 69.2 Å². The Balaban J connectivity index is 0.000000254. The smallest absolute Gasteiger partial charge is 0.341 e. The number of alkyl halides is 3. The van der Waals surface area contributed by atoms with E-state index in [1.54, 1.807) is 0 Å². The van der Waals surface area contributed by atoms with Gasteiger partial charge in [0.1, 0.15) is 13.3 Å². The van der Waals surface area contributed by atoms with Crippen LogP contribution in [0.1, 0.15) is 310 Å². The maximum atomic E-state index is 14.6. The van der Waals surface area contributed by atoms with Gasteiger partial charge in [0.2, 0.25) is 34.0 Å². The van der Waals surface area contributed by atoms with E-state index in [2.05, 4.69) is 145 Å². The van der Waals surface area contributed by atoms with Gasteiger partial charge in [-0.15, -0.1) is 0 Å². The number of carbonyl (C=O) groups is 8. The van der Waals surface area contributed by atoms with Crippen molar-refractivity contribution in [3.05, 3.63) is 116 Å². The second-order valence-electron chi connectivity index (χ2n) is 46.4. The fourth-order valence-corrected chi connectivity index (χ4v) is 31.0. The summed E-state index contributed by atoms with van der Waals surface area (Å²) in [4.78, 5) is 130. The van der Waals surface area contributed by atoms with E-state index in [0.29, 0.717) is 31.6 Å². The second kappa shape index (κ2) is 30.1. The first-order valence-electron chi connectivity index (χ1n) is 50.8. The Kier molecular flexibility index (Phi) is 20.7. The van der Waals surface area contributed by atoms with Crippen molar-refractivity contribution in [2.24, 2.45) is 167 Å². The van der Waals surface area contributed by atoms with Crippen molar-refractivity contribution < 1.29 is 83.9 Å². The van der Waals surface area contributed by atoms with E-state index >= 15 is 0 Å². The SMILES string of the molecule is NC(CF)=NO.[3H][3H].[3H][3H].[3H][3H].[3H][3H].[3H][3H].[3H][3H].[C-]#[N+]C1=C[C@]2(C)C3=CC(=O)[C@@H]4[C@@H]5CC(C)(C)CC[C@]5(C(=O)Cl)CC[C@@]4(C)[C@]3(C)CC[C@H]2C(C)(C)C1=O.[C-]#[N+]C1=C[C@]2(C)C3=CC(=O)[C@@H]4[C@@H]5CC(C)(C)CC[C@]5(C(=O)ON=C(N)CF)CC[C@@]4(C)[C@]3(C)CC[C@H]2C(C)(C)C1=O.[C-]#[N+]C1=C[C@]2(C)C3=CC(=O)[C@@H]4[C@@H]5CC(C)(C)CC[C@]5(c5nc(CF)no5)CC[C@@]4(C)[C@]3(C)CC[C@H]2C(C)(C)C1=O. The predicted molar refractivity (Wildman–Crippen MR) is 475 cm³/mol. The number of oxime groups is 2. The molecule has 678 valence electrons. The third-order valence-electron chi connectivity index (χ3n) is 38.0. The number of Topliss-reactive ketones (excluding diaryl/α,β-unsaturated/α-hetero) is 3. The molecular formula is C99H143ClF3N9O11. The fourth-order valence-electron chi connectivity index (χ4n) is 30.6. The largest absolute Gasteiger partial charge is 0.409 e. The molecule has 0 amide bonds. The number of hydrogen-bond acceptors (Lipinski definition) is 15. The number of hydrogen-bond donors (Lipinski definition) is 3. The van der Waals surface area contributed by atoms with Crippen molar-refractivity contribution in [2.45, 2.75) is 292 Å². The maximum absolute atomic E-state index is 14.6. The number of fused-ring (bicyclic) bond motifs is 21. The summed E-state index contributed by atoms with van der Waals surface area (Å²) < 4.78 is 103. The molecule has 9 saturated carbocycles. The number of nitrogens with two attached hydrogens (primary N) is 2. The van der Waals surface area contributed by atoms with E-state index in [0.717, 1.165) is 126 Å². The molecular weight excluding hydrogens is 1580 g/mol. The Bertz CT molecular complexity index is 5150. The maximum Gasteiger partial charge on any atom is 0.341 e. The topological polar surface area (TPSA) is 295 Å². The molecule has 1 aromatic heterocycles. The van der Waals surface area contributed by atoms with Crippen LogP contribution in [-0.2, 0) is 55.3 Å². The van der Waals surface area contributed by atoms with E-state index in [-0.39, 0.29) is 159 Å². The van der Waals surface area contributed by atoms with Crippen LogP contribution in [0.2, 0.25) is 0 Å². The van der Waals surface area contributed by atoms with Crippen molar-refractivity contribution in [3.63, 3.8) is 0 Å². The first kappa shape index (κ1) is 84.5. The van der Waals surface area contributed by atoms with Gasteiger partial charge in [0.05, 0.1) is 30.5 Å². The van der Waals surface area contributed by atoms with Gasteiger partial charge in [-0.2, -0.15) is 4.98 Å². The van der Waals surface area contributed by atoms with Gasteiger partial charge in [0.25, 0.3) is 0 Å². The predicted octanol–water partition coefficient (Wildman–Crippen LogP) is 22.2. The molecule has 123 heavy (non-hydrogen) atoms. The quantitative estimate of drug-likeness (QED) is 0.0435. The normalized spacial score (nSPS) is 43.0. The summed E-state index contributed by atoms with van der Waals surface area (Å²) in [5.74, 6) is -1.87. The molecule has 15 aliphatic rings. The van der Waals surface area contributed by atoms with Gasteiger partial charge in [-0.25, -0.2) is 32.5 Å². The molecule has 0 aliphatic heterocycles. The number of allylic oxidation sites excluding steroid dienone is 12. The van der Waals surface area contributed by atoms with Gasteiger partial charge >= 0.3 is 5.97 Å². The average molecular weight is 1750 g/mol. The first-order valence-corrected chi connectivity index (χ1v) is 45.2. The number of amidine groups is 2. The molecule has 1 aromatic rings. The van der Waals surface area contributed by atoms with Crippen LogP contribution in [-0.4, -0.2) is 86.3 Å². The summed E-state index contributed by atoms with van der Waals surface area (Å²) in [5, 5.41) is 17.1. The zero-order valence-electron chi connectivity index (χ0n) is 88.5. The third-order valence-corrected chi connectivity index (χ3v) is 38.4. The van der Waals surface area contributed by atoms with Crippen LogP contribution in [0.5, 0.6) is 0 Å². The fraction of sp³-hybridized carbons (Fsp3) is 0.727. The molecule has 16 rings (SSSR count). The van der Waals surface area contributed by atoms with E-state index in [9.17, 15) is 51.5 Å². The van der Waals surface area contributed by atoms with Gasteiger partial charge in [0, 0.05) is 73.5 Å². The van der Waals surface area contributed by atoms with E-state index in [1.807, 2.05) is 78.0 Å². The Morgan fingerprint density at radius 1 is 0.504 bits per heavy atom. The minimum absolute atomic E-state index is 0.00860. The number of aromatic nitrogens is 2. The Labute approximate surface area is 749 Å². The number of halogens is 4. The molecule has 21 atom stereocenters. The summed E-state index contributed by atoms with van der Waals surface area (Å²) in [7, 11) is 0. The van der Waals surface area contributed by atoms with Gasteiger partial charge in [-0.05, 0) is 249 Å². The minimum atomic E-state index is -1.01.